The number of carbonyl (C=O) groups is 2. The molecule has 32 heavy (non-hydrogen) atoms. The fourth-order valence-electron chi connectivity index (χ4n) is 2.98. The van der Waals surface area contributed by atoms with Crippen LogP contribution in [0.1, 0.15) is 52.2 Å². The molecular weight excluding hydrogens is 630 g/mol. The number of hydrogen-bond donors (Lipinski definition) is 2. The summed E-state index contributed by atoms with van der Waals surface area (Å²) in [6.45, 7) is 2.77. The van der Waals surface area contributed by atoms with Gasteiger partial charge in [-0.25, -0.2) is 0 Å². The van der Waals surface area contributed by atoms with E-state index in [4.69, 9.17) is 4.74 Å². The smallest absolute Gasteiger partial charge is 0.253 e. The van der Waals surface area contributed by atoms with Crippen molar-refractivity contribution in [2.45, 2.75) is 25.9 Å². The molecule has 0 saturated heterocycles. The fourth-order valence-corrected chi connectivity index (χ4v) is 4.07. The number of halogens is 2. The quantitative estimate of drug-likeness (QED) is 0.171. The van der Waals surface area contributed by atoms with Gasteiger partial charge in [-0.15, -0.1) is 0 Å². The SMILES string of the molecule is CCCCOc1ccc(C(NC(=O)c2cccc(I)c2)NC(=O)c2cccc(I)c2)cc1. The highest BCUT2D eigenvalue weighted by atomic mass is 127. The predicted molar refractivity (Wildman–Crippen MR) is 143 cm³/mol. The zero-order valence-electron chi connectivity index (χ0n) is 17.6. The molecule has 7 heteroatoms. The zero-order valence-corrected chi connectivity index (χ0v) is 21.9. The van der Waals surface area contributed by atoms with Crippen LogP contribution in [-0.2, 0) is 0 Å². The fraction of sp³-hybridized carbons (Fsp3) is 0.200. The van der Waals surface area contributed by atoms with Crippen molar-refractivity contribution in [1.29, 1.82) is 0 Å². The third-order valence-corrected chi connectivity index (χ3v) is 6.05. The third-order valence-electron chi connectivity index (χ3n) is 4.70. The lowest BCUT2D eigenvalue weighted by Crippen LogP contribution is -2.41. The molecule has 0 unspecified atom stereocenters. The minimum atomic E-state index is -0.699. The molecule has 166 valence electrons. The summed E-state index contributed by atoms with van der Waals surface area (Å²) in [6, 6.07) is 22.0. The molecule has 3 rings (SSSR count). The zero-order chi connectivity index (χ0) is 22.9. The van der Waals surface area contributed by atoms with Crippen molar-refractivity contribution in [3.63, 3.8) is 0 Å². The van der Waals surface area contributed by atoms with Gasteiger partial charge >= 0.3 is 0 Å². The maximum atomic E-state index is 12.9. The Balaban J connectivity index is 1.81. The van der Waals surface area contributed by atoms with Crippen molar-refractivity contribution in [3.8, 4) is 5.75 Å². The van der Waals surface area contributed by atoms with Gasteiger partial charge in [0.25, 0.3) is 11.8 Å². The molecule has 2 N–H and O–H groups in total. The number of unbranched alkanes of at least 4 members (excludes halogenated alkanes) is 1. The van der Waals surface area contributed by atoms with E-state index in [9.17, 15) is 9.59 Å². The largest absolute Gasteiger partial charge is 0.494 e. The number of benzene rings is 3. The van der Waals surface area contributed by atoms with Crippen molar-refractivity contribution in [2.75, 3.05) is 6.61 Å². The van der Waals surface area contributed by atoms with Gasteiger partial charge < -0.3 is 15.4 Å². The Kier molecular flexibility index (Phi) is 9.34. The van der Waals surface area contributed by atoms with Crippen LogP contribution in [-0.4, -0.2) is 18.4 Å². The molecule has 0 radical (unpaired) electrons. The van der Waals surface area contributed by atoms with E-state index in [0.717, 1.165) is 31.3 Å². The molecule has 0 aliphatic heterocycles. The van der Waals surface area contributed by atoms with Crippen molar-refractivity contribution in [2.24, 2.45) is 0 Å². The number of rotatable bonds is 9. The normalized spacial score (nSPS) is 10.6. The first kappa shape index (κ1) is 24.5. The summed E-state index contributed by atoms with van der Waals surface area (Å²) in [5.74, 6) is 0.230. The van der Waals surface area contributed by atoms with Crippen LogP contribution in [0.2, 0.25) is 0 Å². The molecule has 0 heterocycles. The van der Waals surface area contributed by atoms with Crippen LogP contribution in [0, 0.1) is 7.14 Å². The minimum absolute atomic E-state index is 0.264. The van der Waals surface area contributed by atoms with Crippen LogP contribution in [0.3, 0.4) is 0 Å². The highest BCUT2D eigenvalue weighted by Crippen LogP contribution is 2.19. The first-order chi connectivity index (χ1) is 15.5. The summed E-state index contributed by atoms with van der Waals surface area (Å²) in [5, 5.41) is 5.89. The van der Waals surface area contributed by atoms with Crippen LogP contribution in [0.25, 0.3) is 0 Å². The van der Waals surface area contributed by atoms with Gasteiger partial charge in [0.2, 0.25) is 0 Å². The number of hydrogen-bond acceptors (Lipinski definition) is 3. The lowest BCUT2D eigenvalue weighted by molar-refractivity contribution is 0.0883. The predicted octanol–water partition coefficient (Wildman–Crippen LogP) is 5.93. The molecule has 3 aromatic rings. The summed E-state index contributed by atoms with van der Waals surface area (Å²) < 4.78 is 7.65. The number of ether oxygens (including phenoxy) is 1. The molecule has 0 aromatic heterocycles. The minimum Gasteiger partial charge on any atom is -0.494 e. The number of amides is 2. The first-order valence-electron chi connectivity index (χ1n) is 10.3. The summed E-state index contributed by atoms with van der Waals surface area (Å²) >= 11 is 4.33. The maximum Gasteiger partial charge on any atom is 0.253 e. The summed E-state index contributed by atoms with van der Waals surface area (Å²) in [6.07, 6.45) is 1.35. The Morgan fingerprint density at radius 3 is 1.84 bits per heavy atom. The van der Waals surface area contributed by atoms with E-state index in [-0.39, 0.29) is 11.8 Å². The summed E-state index contributed by atoms with van der Waals surface area (Å²) in [7, 11) is 0. The van der Waals surface area contributed by atoms with Gasteiger partial charge in [0.05, 0.1) is 6.61 Å². The maximum absolute atomic E-state index is 12.9. The Morgan fingerprint density at radius 2 is 1.38 bits per heavy atom. The molecule has 0 spiro atoms. The Labute approximate surface area is 215 Å². The standard InChI is InChI=1S/C25H24I2N2O3/c1-2-3-14-32-22-12-10-17(11-13-22)23(28-24(30)18-6-4-8-20(26)15-18)29-25(31)19-7-5-9-21(27)16-19/h4-13,15-16,23H,2-3,14H2,1H3,(H,28,30)(H,29,31). The highest BCUT2D eigenvalue weighted by molar-refractivity contribution is 14.1. The third kappa shape index (κ3) is 7.19. The van der Waals surface area contributed by atoms with Crippen molar-refractivity contribution in [1.82, 2.24) is 10.6 Å². The molecule has 0 fully saturated rings. The van der Waals surface area contributed by atoms with Gasteiger partial charge in [0.1, 0.15) is 11.9 Å². The lowest BCUT2D eigenvalue weighted by atomic mass is 10.1. The van der Waals surface area contributed by atoms with Gasteiger partial charge in [-0.05, 0) is 106 Å². The molecule has 3 aromatic carbocycles. The number of carbonyl (C=O) groups excluding carboxylic acids is 2. The molecule has 0 atom stereocenters. The molecule has 2 amide bonds. The van der Waals surface area contributed by atoms with Gasteiger partial charge in [-0.3, -0.25) is 9.59 Å². The second-order valence-electron chi connectivity index (χ2n) is 7.17. The second-order valence-corrected chi connectivity index (χ2v) is 9.66. The van der Waals surface area contributed by atoms with Crippen LogP contribution < -0.4 is 15.4 Å². The van der Waals surface area contributed by atoms with E-state index < -0.39 is 6.17 Å². The van der Waals surface area contributed by atoms with Crippen LogP contribution in [0.15, 0.2) is 72.8 Å². The van der Waals surface area contributed by atoms with E-state index in [2.05, 4.69) is 62.7 Å². The summed E-state index contributed by atoms with van der Waals surface area (Å²) in [5.41, 5.74) is 1.82. The molecule has 5 nitrogen and oxygen atoms in total. The average molecular weight is 654 g/mol. The van der Waals surface area contributed by atoms with E-state index in [1.54, 1.807) is 24.3 Å². The van der Waals surface area contributed by atoms with Crippen molar-refractivity contribution < 1.29 is 14.3 Å². The van der Waals surface area contributed by atoms with E-state index in [1.165, 1.54) is 0 Å². The van der Waals surface area contributed by atoms with E-state index in [0.29, 0.717) is 17.7 Å². The van der Waals surface area contributed by atoms with Crippen molar-refractivity contribution in [3.05, 3.63) is 96.6 Å². The monoisotopic (exact) mass is 654 g/mol. The van der Waals surface area contributed by atoms with Crippen LogP contribution in [0.5, 0.6) is 5.75 Å². The van der Waals surface area contributed by atoms with Gasteiger partial charge in [-0.2, -0.15) is 0 Å². The Hall–Kier alpha value is -2.14. The lowest BCUT2D eigenvalue weighted by Gasteiger charge is -2.21. The number of nitrogens with one attached hydrogen (secondary N) is 2. The van der Waals surface area contributed by atoms with E-state index >= 15 is 0 Å². The highest BCUT2D eigenvalue weighted by Gasteiger charge is 2.19. The van der Waals surface area contributed by atoms with E-state index in [1.807, 2.05) is 48.5 Å². The van der Waals surface area contributed by atoms with Gasteiger partial charge in [0.15, 0.2) is 0 Å². The van der Waals surface area contributed by atoms with Crippen LogP contribution >= 0.6 is 45.2 Å². The molecule has 0 aliphatic carbocycles. The Bertz CT molecular complexity index is 1010. The molecule has 0 aliphatic rings. The molecular formula is C25H24I2N2O3. The second kappa shape index (κ2) is 12.2. The first-order valence-corrected chi connectivity index (χ1v) is 12.5. The van der Waals surface area contributed by atoms with Crippen LogP contribution in [0.4, 0.5) is 0 Å². The topological polar surface area (TPSA) is 67.4 Å². The molecule has 0 bridgehead atoms. The average Bonchev–Trinajstić information content (AvgIpc) is 2.79. The Morgan fingerprint density at radius 1 is 0.844 bits per heavy atom. The van der Waals surface area contributed by atoms with Gasteiger partial charge in [0, 0.05) is 18.3 Å². The van der Waals surface area contributed by atoms with Gasteiger partial charge in [-0.1, -0.05) is 37.6 Å². The summed E-state index contributed by atoms with van der Waals surface area (Å²) in [4.78, 5) is 25.8. The molecule has 0 saturated carbocycles. The van der Waals surface area contributed by atoms with Crippen molar-refractivity contribution >= 4 is 57.0 Å².